The number of hydrogen-bond acceptors (Lipinski definition) is 4. The van der Waals surface area contributed by atoms with E-state index in [9.17, 15) is 13.5 Å². The monoisotopic (exact) mass is 361 g/mol. The molecule has 1 N–H and O–H groups in total. The maximum atomic E-state index is 12.3. The van der Waals surface area contributed by atoms with Gasteiger partial charge in [0.15, 0.2) is 0 Å². The van der Waals surface area contributed by atoms with Gasteiger partial charge in [-0.15, -0.1) is 11.3 Å². The van der Waals surface area contributed by atoms with E-state index in [0.717, 1.165) is 9.35 Å². The van der Waals surface area contributed by atoms with Crippen LogP contribution in [0, 0.1) is 0 Å². The number of halogens is 1. The molecular formula is C12H12BrNO3S2. The van der Waals surface area contributed by atoms with Crippen molar-refractivity contribution in [3.05, 3.63) is 45.7 Å². The zero-order chi connectivity index (χ0) is 14.0. The maximum absolute atomic E-state index is 12.3. The lowest BCUT2D eigenvalue weighted by Crippen LogP contribution is -2.25. The zero-order valence-corrected chi connectivity index (χ0v) is 13.3. The summed E-state index contributed by atoms with van der Waals surface area (Å²) in [6, 6.07) is 9.77. The summed E-state index contributed by atoms with van der Waals surface area (Å²) < 4.78 is 26.9. The van der Waals surface area contributed by atoms with Crippen LogP contribution in [0.2, 0.25) is 0 Å². The van der Waals surface area contributed by atoms with Crippen molar-refractivity contribution in [2.45, 2.75) is 10.8 Å². The van der Waals surface area contributed by atoms with Crippen molar-refractivity contribution in [1.29, 1.82) is 0 Å². The van der Waals surface area contributed by atoms with Crippen LogP contribution >= 0.6 is 27.3 Å². The van der Waals surface area contributed by atoms with E-state index >= 15 is 0 Å². The molecule has 0 saturated heterocycles. The van der Waals surface area contributed by atoms with Crippen molar-refractivity contribution >= 4 is 37.3 Å². The number of thiophene rings is 1. The summed E-state index contributed by atoms with van der Waals surface area (Å²) in [5, 5.41) is 9.20. The summed E-state index contributed by atoms with van der Waals surface area (Å²) >= 11 is 4.44. The molecule has 7 heteroatoms. The minimum atomic E-state index is -3.47. The van der Waals surface area contributed by atoms with Crippen molar-refractivity contribution in [3.63, 3.8) is 0 Å². The van der Waals surface area contributed by atoms with E-state index in [1.54, 1.807) is 24.3 Å². The van der Waals surface area contributed by atoms with Crippen LogP contribution in [-0.4, -0.2) is 24.9 Å². The van der Waals surface area contributed by atoms with Crippen LogP contribution in [0.3, 0.4) is 0 Å². The Labute approximate surface area is 124 Å². The molecule has 0 saturated carbocycles. The molecule has 102 valence electrons. The molecule has 0 aliphatic carbocycles. The topological polar surface area (TPSA) is 57.6 Å². The van der Waals surface area contributed by atoms with E-state index in [1.165, 1.54) is 34.8 Å². The lowest BCUT2D eigenvalue weighted by atomic mass is 10.2. The van der Waals surface area contributed by atoms with Gasteiger partial charge < -0.3 is 5.11 Å². The van der Waals surface area contributed by atoms with E-state index in [1.807, 2.05) is 0 Å². The van der Waals surface area contributed by atoms with Gasteiger partial charge in [0.1, 0.15) is 9.96 Å². The van der Waals surface area contributed by atoms with Crippen molar-refractivity contribution in [1.82, 2.24) is 4.31 Å². The Bertz CT molecular complexity index is 665. The molecular weight excluding hydrogens is 350 g/mol. The van der Waals surface area contributed by atoms with Gasteiger partial charge in [-0.05, 0) is 45.8 Å². The lowest BCUT2D eigenvalue weighted by molar-refractivity contribution is 0.465. The van der Waals surface area contributed by atoms with Crippen LogP contribution in [0.1, 0.15) is 5.56 Å². The molecule has 0 atom stereocenters. The van der Waals surface area contributed by atoms with E-state index in [4.69, 9.17) is 0 Å². The molecule has 0 bridgehead atoms. The number of sulfonamides is 1. The molecule has 0 aliphatic rings. The first kappa shape index (κ1) is 14.5. The Kier molecular flexibility index (Phi) is 4.29. The molecule has 1 aromatic carbocycles. The number of hydrogen-bond donors (Lipinski definition) is 1. The molecule has 0 unspecified atom stereocenters. The van der Waals surface area contributed by atoms with Gasteiger partial charge in [-0.25, -0.2) is 8.42 Å². The fourth-order valence-corrected chi connectivity index (χ4v) is 4.91. The number of phenolic OH excluding ortho intramolecular Hbond substituents is 1. The maximum Gasteiger partial charge on any atom is 0.252 e. The molecule has 4 nitrogen and oxygen atoms in total. The van der Waals surface area contributed by atoms with Crippen LogP contribution in [0.4, 0.5) is 0 Å². The fraction of sp³-hybridized carbons (Fsp3) is 0.167. The van der Waals surface area contributed by atoms with Crippen molar-refractivity contribution in [2.24, 2.45) is 0 Å². The first-order valence-corrected chi connectivity index (χ1v) is 8.44. The summed E-state index contributed by atoms with van der Waals surface area (Å²) in [6.45, 7) is 0.262. The largest absolute Gasteiger partial charge is 0.508 e. The number of rotatable bonds is 4. The van der Waals surface area contributed by atoms with Crippen molar-refractivity contribution in [2.75, 3.05) is 7.05 Å². The third-order valence-corrected chi connectivity index (χ3v) is 6.45. The van der Waals surface area contributed by atoms with Crippen molar-refractivity contribution < 1.29 is 13.5 Å². The van der Waals surface area contributed by atoms with Crippen LogP contribution in [-0.2, 0) is 16.6 Å². The lowest BCUT2D eigenvalue weighted by Gasteiger charge is -2.16. The van der Waals surface area contributed by atoms with Gasteiger partial charge >= 0.3 is 0 Å². The van der Waals surface area contributed by atoms with E-state index in [0.29, 0.717) is 4.21 Å². The molecule has 0 aliphatic heterocycles. The van der Waals surface area contributed by atoms with Gasteiger partial charge in [-0.3, -0.25) is 0 Å². The third kappa shape index (κ3) is 3.36. The number of phenols is 1. The zero-order valence-electron chi connectivity index (χ0n) is 10.1. The predicted molar refractivity (Wildman–Crippen MR) is 78.8 cm³/mol. The molecule has 1 aromatic heterocycles. The Morgan fingerprint density at radius 2 is 1.84 bits per heavy atom. The Balaban J connectivity index is 2.19. The van der Waals surface area contributed by atoms with Crippen molar-refractivity contribution in [3.8, 4) is 5.75 Å². The first-order chi connectivity index (χ1) is 8.89. The van der Waals surface area contributed by atoms with Gasteiger partial charge in [0, 0.05) is 13.6 Å². The van der Waals surface area contributed by atoms with Crippen LogP contribution in [0.5, 0.6) is 5.75 Å². The summed E-state index contributed by atoms with van der Waals surface area (Å²) in [5.41, 5.74) is 0.819. The summed E-state index contributed by atoms with van der Waals surface area (Å²) in [6.07, 6.45) is 0. The highest BCUT2D eigenvalue weighted by Crippen LogP contribution is 2.28. The minimum absolute atomic E-state index is 0.163. The Morgan fingerprint density at radius 1 is 1.21 bits per heavy atom. The van der Waals surface area contributed by atoms with Gasteiger partial charge in [-0.2, -0.15) is 4.31 Å². The molecule has 2 rings (SSSR count). The second-order valence-electron chi connectivity index (χ2n) is 3.99. The highest BCUT2D eigenvalue weighted by molar-refractivity contribution is 9.11. The summed E-state index contributed by atoms with van der Waals surface area (Å²) in [5.74, 6) is 0.163. The Hall–Kier alpha value is -0.890. The van der Waals surface area contributed by atoms with E-state index < -0.39 is 10.0 Å². The summed E-state index contributed by atoms with van der Waals surface area (Å²) in [7, 11) is -1.93. The number of aromatic hydroxyl groups is 1. The SMILES string of the molecule is CN(Cc1ccc(O)cc1)S(=O)(=O)c1ccc(Br)s1. The number of nitrogens with zero attached hydrogens (tertiary/aromatic N) is 1. The average Bonchev–Trinajstić information content (AvgIpc) is 2.79. The third-order valence-electron chi connectivity index (χ3n) is 2.55. The second-order valence-corrected chi connectivity index (χ2v) is 8.72. The van der Waals surface area contributed by atoms with E-state index in [-0.39, 0.29) is 12.3 Å². The molecule has 0 spiro atoms. The molecule has 0 radical (unpaired) electrons. The van der Waals surface area contributed by atoms with Crippen LogP contribution in [0.15, 0.2) is 44.4 Å². The van der Waals surface area contributed by atoms with Gasteiger partial charge in [0.25, 0.3) is 10.0 Å². The second kappa shape index (κ2) is 5.62. The number of benzene rings is 1. The van der Waals surface area contributed by atoms with Crippen LogP contribution < -0.4 is 0 Å². The smallest absolute Gasteiger partial charge is 0.252 e. The van der Waals surface area contributed by atoms with E-state index in [2.05, 4.69) is 15.9 Å². The first-order valence-electron chi connectivity index (χ1n) is 5.39. The predicted octanol–water partition coefficient (Wildman–Crippen LogP) is 3.04. The molecule has 2 aromatic rings. The standard InChI is InChI=1S/C12H12BrNO3S2/c1-14(8-9-2-4-10(15)5-3-9)19(16,17)12-7-6-11(13)18-12/h2-7,15H,8H2,1H3. The summed E-state index contributed by atoms with van der Waals surface area (Å²) in [4.78, 5) is 0. The Morgan fingerprint density at radius 3 is 2.37 bits per heavy atom. The van der Waals surface area contributed by atoms with Gasteiger partial charge in [0.05, 0.1) is 3.79 Å². The molecule has 0 amide bonds. The van der Waals surface area contributed by atoms with Gasteiger partial charge in [0.2, 0.25) is 0 Å². The van der Waals surface area contributed by atoms with Crippen LogP contribution in [0.25, 0.3) is 0 Å². The highest BCUT2D eigenvalue weighted by atomic mass is 79.9. The molecule has 1 heterocycles. The normalized spacial score (nSPS) is 11.9. The highest BCUT2D eigenvalue weighted by Gasteiger charge is 2.22. The minimum Gasteiger partial charge on any atom is -0.508 e. The molecule has 19 heavy (non-hydrogen) atoms. The fourth-order valence-electron chi connectivity index (χ4n) is 1.53. The molecule has 0 fully saturated rings. The quantitative estimate of drug-likeness (QED) is 0.910. The van der Waals surface area contributed by atoms with Gasteiger partial charge in [-0.1, -0.05) is 12.1 Å². The average molecular weight is 362 g/mol.